The van der Waals surface area contributed by atoms with Gasteiger partial charge in [0, 0.05) is 19.6 Å². The molecule has 0 atom stereocenters. The molecule has 4 N–H and O–H groups in total. The van der Waals surface area contributed by atoms with Gasteiger partial charge in [-0.1, -0.05) is 6.92 Å². The summed E-state index contributed by atoms with van der Waals surface area (Å²) in [4.78, 5) is 16.0. The number of amides is 1. The minimum atomic E-state index is -0.205. The SMILES string of the molecule is CCCNC(=O)c1sc(N2CCC(O)CC2)c(SC)c1N. The number of piperidine rings is 1. The lowest BCUT2D eigenvalue weighted by Gasteiger charge is -2.30. The summed E-state index contributed by atoms with van der Waals surface area (Å²) in [7, 11) is 0. The Morgan fingerprint density at radius 1 is 1.52 bits per heavy atom. The second kappa shape index (κ2) is 7.38. The molecule has 1 aliphatic rings. The highest BCUT2D eigenvalue weighted by atomic mass is 32.2. The highest BCUT2D eigenvalue weighted by molar-refractivity contribution is 7.99. The van der Waals surface area contributed by atoms with E-state index in [9.17, 15) is 9.90 Å². The highest BCUT2D eigenvalue weighted by Crippen LogP contribution is 2.44. The summed E-state index contributed by atoms with van der Waals surface area (Å²) < 4.78 is 0. The molecule has 0 aliphatic carbocycles. The number of nitrogens with zero attached hydrogens (tertiary/aromatic N) is 1. The van der Waals surface area contributed by atoms with Gasteiger partial charge in [-0.2, -0.15) is 0 Å². The highest BCUT2D eigenvalue weighted by Gasteiger charge is 2.26. The predicted molar refractivity (Wildman–Crippen MR) is 90.6 cm³/mol. The van der Waals surface area contributed by atoms with Gasteiger partial charge in [-0.05, 0) is 25.5 Å². The zero-order valence-electron chi connectivity index (χ0n) is 12.5. The monoisotopic (exact) mass is 329 g/mol. The fourth-order valence-electron chi connectivity index (χ4n) is 2.38. The molecule has 0 radical (unpaired) electrons. The van der Waals surface area contributed by atoms with Crippen LogP contribution in [0.2, 0.25) is 0 Å². The van der Waals surface area contributed by atoms with E-state index in [-0.39, 0.29) is 12.0 Å². The summed E-state index contributed by atoms with van der Waals surface area (Å²) in [5.41, 5.74) is 6.76. The van der Waals surface area contributed by atoms with Crippen LogP contribution in [-0.4, -0.2) is 43.0 Å². The lowest BCUT2D eigenvalue weighted by atomic mass is 10.1. The molecule has 0 spiro atoms. The van der Waals surface area contributed by atoms with E-state index < -0.39 is 0 Å². The maximum atomic E-state index is 12.2. The second-order valence-electron chi connectivity index (χ2n) is 5.16. The van der Waals surface area contributed by atoms with Gasteiger partial charge in [0.05, 0.1) is 16.7 Å². The number of hydrogen-bond donors (Lipinski definition) is 3. The van der Waals surface area contributed by atoms with Crippen molar-refractivity contribution in [1.82, 2.24) is 5.32 Å². The number of nitrogens with two attached hydrogens (primary N) is 1. The molecule has 0 unspecified atom stereocenters. The van der Waals surface area contributed by atoms with Crippen LogP contribution in [0.25, 0.3) is 0 Å². The standard InChI is InChI=1S/C14H23N3O2S2/c1-3-6-16-13(19)11-10(15)12(20-2)14(21-11)17-7-4-9(18)5-8-17/h9,18H,3-8,15H2,1-2H3,(H,16,19). The number of thioether (sulfide) groups is 1. The third-order valence-electron chi connectivity index (χ3n) is 3.58. The van der Waals surface area contributed by atoms with Crippen LogP contribution >= 0.6 is 23.1 Å². The van der Waals surface area contributed by atoms with Gasteiger partial charge in [-0.15, -0.1) is 23.1 Å². The van der Waals surface area contributed by atoms with Gasteiger partial charge in [0.25, 0.3) is 5.91 Å². The predicted octanol–water partition coefficient (Wildman–Crippen LogP) is 2.15. The number of aliphatic hydroxyl groups is 1. The number of nitrogen functional groups attached to an aromatic ring is 1. The number of anilines is 2. The van der Waals surface area contributed by atoms with Crippen molar-refractivity contribution in [1.29, 1.82) is 0 Å². The van der Waals surface area contributed by atoms with Crippen molar-refractivity contribution in [2.45, 2.75) is 37.2 Å². The first-order valence-electron chi connectivity index (χ1n) is 7.25. The van der Waals surface area contributed by atoms with Gasteiger partial charge in [0.1, 0.15) is 9.88 Å². The van der Waals surface area contributed by atoms with Crippen molar-refractivity contribution in [2.75, 3.05) is 36.5 Å². The number of carbonyl (C=O) groups excluding carboxylic acids is 1. The van der Waals surface area contributed by atoms with Crippen LogP contribution < -0.4 is 16.0 Å². The normalized spacial score (nSPS) is 16.2. The van der Waals surface area contributed by atoms with Gasteiger partial charge >= 0.3 is 0 Å². The Morgan fingerprint density at radius 3 is 2.76 bits per heavy atom. The first kappa shape index (κ1) is 16.5. The van der Waals surface area contributed by atoms with Crippen LogP contribution in [0.15, 0.2) is 4.90 Å². The summed E-state index contributed by atoms with van der Waals surface area (Å²) >= 11 is 3.04. The molecule has 1 saturated heterocycles. The first-order chi connectivity index (χ1) is 10.1. The molecule has 1 aliphatic heterocycles. The Morgan fingerprint density at radius 2 is 2.19 bits per heavy atom. The summed E-state index contributed by atoms with van der Waals surface area (Å²) in [5, 5.41) is 13.6. The molecular formula is C14H23N3O2S2. The Balaban J connectivity index is 2.23. The molecule has 1 fully saturated rings. The molecule has 1 amide bonds. The zero-order chi connectivity index (χ0) is 15.4. The molecule has 2 rings (SSSR count). The van der Waals surface area contributed by atoms with Crippen LogP contribution in [0.3, 0.4) is 0 Å². The molecule has 118 valence electrons. The Labute approximate surface area is 133 Å². The topological polar surface area (TPSA) is 78.6 Å². The molecule has 1 aromatic heterocycles. The Hall–Kier alpha value is -0.920. The fraction of sp³-hybridized carbons (Fsp3) is 0.643. The summed E-state index contributed by atoms with van der Waals surface area (Å²) in [5.74, 6) is -0.0852. The number of rotatable bonds is 5. The van der Waals surface area contributed by atoms with Crippen LogP contribution in [-0.2, 0) is 0 Å². The molecular weight excluding hydrogens is 306 g/mol. The van der Waals surface area contributed by atoms with E-state index in [2.05, 4.69) is 10.2 Å². The summed E-state index contributed by atoms with van der Waals surface area (Å²) in [6, 6.07) is 0. The maximum absolute atomic E-state index is 12.2. The van der Waals surface area contributed by atoms with Gasteiger partial charge in [0.2, 0.25) is 0 Å². The third kappa shape index (κ3) is 3.64. The number of nitrogens with one attached hydrogen (secondary N) is 1. The van der Waals surface area contributed by atoms with Gasteiger partial charge in [-0.3, -0.25) is 4.79 Å². The lowest BCUT2D eigenvalue weighted by Crippen LogP contribution is -2.35. The smallest absolute Gasteiger partial charge is 0.263 e. The quantitative estimate of drug-likeness (QED) is 0.722. The van der Waals surface area contributed by atoms with Crippen molar-refractivity contribution in [2.24, 2.45) is 0 Å². The summed E-state index contributed by atoms with van der Waals surface area (Å²) in [6.07, 6.45) is 4.22. The van der Waals surface area contributed by atoms with Crippen LogP contribution in [0.1, 0.15) is 35.9 Å². The Kier molecular flexibility index (Phi) is 5.78. The van der Waals surface area contributed by atoms with E-state index >= 15 is 0 Å². The second-order valence-corrected chi connectivity index (χ2v) is 6.97. The van der Waals surface area contributed by atoms with Gasteiger partial charge < -0.3 is 21.1 Å². The van der Waals surface area contributed by atoms with E-state index in [0.29, 0.717) is 17.1 Å². The Bertz CT molecular complexity index is 497. The van der Waals surface area contributed by atoms with Crippen LogP contribution in [0, 0.1) is 0 Å². The number of aliphatic hydroxyl groups excluding tert-OH is 1. The average Bonchev–Trinajstić information content (AvgIpc) is 2.82. The molecule has 1 aromatic rings. The molecule has 0 bridgehead atoms. The van der Waals surface area contributed by atoms with E-state index in [4.69, 9.17) is 5.73 Å². The van der Waals surface area contributed by atoms with E-state index in [1.54, 1.807) is 11.8 Å². The number of thiophene rings is 1. The van der Waals surface area contributed by atoms with Crippen LogP contribution in [0.5, 0.6) is 0 Å². The van der Waals surface area contributed by atoms with E-state index in [0.717, 1.165) is 42.2 Å². The average molecular weight is 329 g/mol. The van der Waals surface area contributed by atoms with E-state index in [1.807, 2.05) is 13.2 Å². The molecule has 0 saturated carbocycles. The van der Waals surface area contributed by atoms with Crippen molar-refractivity contribution >= 4 is 39.7 Å². The number of carbonyl (C=O) groups is 1. The largest absolute Gasteiger partial charge is 0.396 e. The zero-order valence-corrected chi connectivity index (χ0v) is 14.1. The molecule has 7 heteroatoms. The van der Waals surface area contributed by atoms with Crippen molar-refractivity contribution in [3.8, 4) is 0 Å². The third-order valence-corrected chi connectivity index (χ3v) is 5.80. The van der Waals surface area contributed by atoms with Gasteiger partial charge in [-0.25, -0.2) is 0 Å². The number of hydrogen-bond acceptors (Lipinski definition) is 6. The van der Waals surface area contributed by atoms with Crippen molar-refractivity contribution in [3.05, 3.63) is 4.88 Å². The lowest BCUT2D eigenvalue weighted by molar-refractivity contribution is 0.0958. The summed E-state index contributed by atoms with van der Waals surface area (Å²) in [6.45, 7) is 4.31. The molecule has 21 heavy (non-hydrogen) atoms. The fourth-order valence-corrected chi connectivity index (χ4v) is 4.53. The van der Waals surface area contributed by atoms with Crippen LogP contribution in [0.4, 0.5) is 10.7 Å². The van der Waals surface area contributed by atoms with Gasteiger partial charge in [0.15, 0.2) is 0 Å². The minimum absolute atomic E-state index is 0.0852. The van der Waals surface area contributed by atoms with Crippen molar-refractivity contribution in [3.63, 3.8) is 0 Å². The van der Waals surface area contributed by atoms with Crippen molar-refractivity contribution < 1.29 is 9.90 Å². The molecule has 5 nitrogen and oxygen atoms in total. The molecule has 2 heterocycles. The maximum Gasteiger partial charge on any atom is 0.263 e. The van der Waals surface area contributed by atoms with E-state index in [1.165, 1.54) is 11.3 Å². The molecule has 0 aromatic carbocycles. The minimum Gasteiger partial charge on any atom is -0.396 e. The first-order valence-corrected chi connectivity index (χ1v) is 9.30.